The minimum atomic E-state index is -0.0628. The Kier molecular flexibility index (Phi) is 6.87. The highest BCUT2D eigenvalue weighted by Crippen LogP contribution is 2.16. The van der Waals surface area contributed by atoms with Gasteiger partial charge in [0.1, 0.15) is 18.1 Å². The highest BCUT2D eigenvalue weighted by molar-refractivity contribution is 5.77. The predicted molar refractivity (Wildman–Crippen MR) is 87.4 cm³/mol. The monoisotopic (exact) mass is 315 g/mol. The molecular weight excluding hydrogens is 294 g/mol. The number of ether oxygens (including phenoxy) is 2. The van der Waals surface area contributed by atoms with E-state index in [0.717, 1.165) is 17.1 Å². The van der Waals surface area contributed by atoms with Gasteiger partial charge in [0.05, 0.1) is 20.2 Å². The number of hydrogen-bond donors (Lipinski definition) is 2. The van der Waals surface area contributed by atoms with Crippen LogP contribution < -0.4 is 20.1 Å². The summed E-state index contributed by atoms with van der Waals surface area (Å²) in [4.78, 5) is 15.7. The second-order valence-electron chi connectivity index (χ2n) is 4.84. The lowest BCUT2D eigenvalue weighted by atomic mass is 10.3. The zero-order valence-corrected chi connectivity index (χ0v) is 13.1. The van der Waals surface area contributed by atoms with E-state index in [1.165, 1.54) is 0 Å². The molecule has 23 heavy (non-hydrogen) atoms. The van der Waals surface area contributed by atoms with Crippen LogP contribution in [0.15, 0.2) is 48.8 Å². The van der Waals surface area contributed by atoms with E-state index in [9.17, 15) is 4.79 Å². The van der Waals surface area contributed by atoms with E-state index in [2.05, 4.69) is 15.6 Å². The number of carbonyl (C=O) groups excluding carboxylic acids is 1. The van der Waals surface area contributed by atoms with Gasteiger partial charge in [-0.15, -0.1) is 0 Å². The molecule has 1 aromatic heterocycles. The van der Waals surface area contributed by atoms with Crippen LogP contribution in [0, 0.1) is 0 Å². The van der Waals surface area contributed by atoms with Gasteiger partial charge in [0.15, 0.2) is 0 Å². The van der Waals surface area contributed by atoms with Crippen molar-refractivity contribution in [3.63, 3.8) is 0 Å². The van der Waals surface area contributed by atoms with E-state index >= 15 is 0 Å². The van der Waals surface area contributed by atoms with Gasteiger partial charge < -0.3 is 20.1 Å². The molecular formula is C17H21N3O3. The molecule has 0 aliphatic carbocycles. The Morgan fingerprint density at radius 1 is 1.17 bits per heavy atom. The van der Waals surface area contributed by atoms with Crippen molar-refractivity contribution < 1.29 is 14.3 Å². The van der Waals surface area contributed by atoms with Gasteiger partial charge in [-0.2, -0.15) is 0 Å². The molecule has 0 unspecified atom stereocenters. The number of aromatic nitrogens is 1. The van der Waals surface area contributed by atoms with Crippen molar-refractivity contribution in [2.45, 2.75) is 6.54 Å². The third kappa shape index (κ3) is 6.36. The molecule has 122 valence electrons. The van der Waals surface area contributed by atoms with Crippen LogP contribution in [0.25, 0.3) is 0 Å². The molecule has 1 aromatic carbocycles. The number of benzene rings is 1. The quantitative estimate of drug-likeness (QED) is 0.684. The Hall–Kier alpha value is -2.60. The Morgan fingerprint density at radius 2 is 1.96 bits per heavy atom. The molecule has 0 aliphatic heterocycles. The van der Waals surface area contributed by atoms with Gasteiger partial charge in [-0.3, -0.25) is 9.78 Å². The SMILES string of the molecule is COc1ccc(OCCNC(=O)CNCc2cccnc2)cc1. The van der Waals surface area contributed by atoms with Crippen molar-refractivity contribution >= 4 is 5.91 Å². The molecule has 0 radical (unpaired) electrons. The first-order valence-electron chi connectivity index (χ1n) is 7.41. The molecule has 0 aliphatic rings. The van der Waals surface area contributed by atoms with E-state index in [1.807, 2.05) is 36.4 Å². The Labute approximate surface area is 135 Å². The maximum atomic E-state index is 11.7. The van der Waals surface area contributed by atoms with E-state index in [4.69, 9.17) is 9.47 Å². The van der Waals surface area contributed by atoms with Gasteiger partial charge in [-0.05, 0) is 35.9 Å². The summed E-state index contributed by atoms with van der Waals surface area (Å²) in [5.74, 6) is 1.47. The topological polar surface area (TPSA) is 72.5 Å². The molecule has 0 saturated heterocycles. The van der Waals surface area contributed by atoms with Gasteiger partial charge >= 0.3 is 0 Å². The van der Waals surface area contributed by atoms with Crippen molar-refractivity contribution in [2.75, 3.05) is 26.8 Å². The van der Waals surface area contributed by atoms with Gasteiger partial charge in [0.25, 0.3) is 0 Å². The Morgan fingerprint density at radius 3 is 2.65 bits per heavy atom. The number of rotatable bonds is 9. The number of pyridine rings is 1. The molecule has 0 bridgehead atoms. The predicted octanol–water partition coefficient (Wildman–Crippen LogP) is 1.37. The summed E-state index contributed by atoms with van der Waals surface area (Å²) in [6, 6.07) is 11.1. The van der Waals surface area contributed by atoms with Crippen LogP contribution in [0.2, 0.25) is 0 Å². The van der Waals surface area contributed by atoms with Crippen molar-refractivity contribution in [1.29, 1.82) is 0 Å². The normalized spacial score (nSPS) is 10.1. The minimum absolute atomic E-state index is 0.0628. The van der Waals surface area contributed by atoms with Crippen LogP contribution in [0.1, 0.15) is 5.56 Å². The second kappa shape index (κ2) is 9.42. The molecule has 0 atom stereocenters. The first-order chi connectivity index (χ1) is 11.3. The van der Waals surface area contributed by atoms with E-state index in [1.54, 1.807) is 19.5 Å². The molecule has 2 aromatic rings. The number of carbonyl (C=O) groups is 1. The number of nitrogens with one attached hydrogen (secondary N) is 2. The van der Waals surface area contributed by atoms with Gasteiger partial charge in [-0.25, -0.2) is 0 Å². The van der Waals surface area contributed by atoms with Gasteiger partial charge in [0, 0.05) is 18.9 Å². The van der Waals surface area contributed by atoms with Crippen LogP contribution in [0.5, 0.6) is 11.5 Å². The Bertz CT molecular complexity index is 588. The molecule has 0 fully saturated rings. The number of hydrogen-bond acceptors (Lipinski definition) is 5. The fourth-order valence-corrected chi connectivity index (χ4v) is 1.92. The van der Waals surface area contributed by atoms with Crippen molar-refractivity contribution in [3.8, 4) is 11.5 Å². The summed E-state index contributed by atoms with van der Waals surface area (Å²) in [6.07, 6.45) is 3.49. The lowest BCUT2D eigenvalue weighted by Gasteiger charge is -2.09. The van der Waals surface area contributed by atoms with Crippen LogP contribution in [0.4, 0.5) is 0 Å². The number of amides is 1. The number of nitrogens with zero attached hydrogens (tertiary/aromatic N) is 1. The summed E-state index contributed by atoms with van der Waals surface area (Å²) < 4.78 is 10.6. The second-order valence-corrected chi connectivity index (χ2v) is 4.84. The molecule has 0 spiro atoms. The molecule has 2 N–H and O–H groups in total. The fraction of sp³-hybridized carbons (Fsp3) is 0.294. The van der Waals surface area contributed by atoms with Crippen LogP contribution >= 0.6 is 0 Å². The summed E-state index contributed by atoms with van der Waals surface area (Å²) in [6.45, 7) is 1.75. The van der Waals surface area contributed by atoms with E-state index in [-0.39, 0.29) is 12.5 Å². The molecule has 2 rings (SSSR count). The fourth-order valence-electron chi connectivity index (χ4n) is 1.92. The van der Waals surface area contributed by atoms with Crippen molar-refractivity contribution in [1.82, 2.24) is 15.6 Å². The zero-order chi connectivity index (χ0) is 16.3. The molecule has 6 nitrogen and oxygen atoms in total. The van der Waals surface area contributed by atoms with E-state index in [0.29, 0.717) is 19.7 Å². The standard InChI is InChI=1S/C17H21N3O3/c1-22-15-4-6-16(7-5-15)23-10-9-20-17(21)13-19-12-14-3-2-8-18-11-14/h2-8,11,19H,9-10,12-13H2,1H3,(H,20,21). The lowest BCUT2D eigenvalue weighted by molar-refractivity contribution is -0.120. The summed E-state index contributed by atoms with van der Waals surface area (Å²) in [7, 11) is 1.62. The van der Waals surface area contributed by atoms with Crippen LogP contribution in [-0.2, 0) is 11.3 Å². The summed E-state index contributed by atoms with van der Waals surface area (Å²) in [5, 5.41) is 5.86. The maximum absolute atomic E-state index is 11.7. The summed E-state index contributed by atoms with van der Waals surface area (Å²) >= 11 is 0. The third-order valence-electron chi connectivity index (χ3n) is 3.09. The maximum Gasteiger partial charge on any atom is 0.234 e. The van der Waals surface area contributed by atoms with Crippen molar-refractivity contribution in [3.05, 3.63) is 54.4 Å². The highest BCUT2D eigenvalue weighted by atomic mass is 16.5. The average Bonchev–Trinajstić information content (AvgIpc) is 2.60. The first-order valence-corrected chi connectivity index (χ1v) is 7.41. The molecule has 0 saturated carbocycles. The van der Waals surface area contributed by atoms with Crippen LogP contribution in [0.3, 0.4) is 0 Å². The van der Waals surface area contributed by atoms with Crippen LogP contribution in [-0.4, -0.2) is 37.7 Å². The third-order valence-corrected chi connectivity index (χ3v) is 3.09. The van der Waals surface area contributed by atoms with Gasteiger partial charge in [0.2, 0.25) is 5.91 Å². The molecule has 1 heterocycles. The van der Waals surface area contributed by atoms with E-state index < -0.39 is 0 Å². The average molecular weight is 315 g/mol. The molecule has 6 heteroatoms. The first kappa shape index (κ1) is 16.8. The summed E-state index contributed by atoms with van der Waals surface area (Å²) in [5.41, 5.74) is 1.04. The minimum Gasteiger partial charge on any atom is -0.497 e. The zero-order valence-electron chi connectivity index (χ0n) is 13.1. The number of methoxy groups -OCH3 is 1. The van der Waals surface area contributed by atoms with Crippen molar-refractivity contribution in [2.24, 2.45) is 0 Å². The lowest BCUT2D eigenvalue weighted by Crippen LogP contribution is -2.35. The molecule has 1 amide bonds. The largest absolute Gasteiger partial charge is 0.497 e. The smallest absolute Gasteiger partial charge is 0.234 e. The highest BCUT2D eigenvalue weighted by Gasteiger charge is 2.01. The Balaban J connectivity index is 1.55. The van der Waals surface area contributed by atoms with Gasteiger partial charge in [-0.1, -0.05) is 6.07 Å².